The van der Waals surface area contributed by atoms with Crippen LogP contribution in [-0.2, 0) is 0 Å². The summed E-state index contributed by atoms with van der Waals surface area (Å²) in [6.45, 7) is 21.6. The van der Waals surface area contributed by atoms with E-state index in [0.29, 0.717) is 11.3 Å². The maximum absolute atomic E-state index is 9.43. The molecule has 7 rings (SSSR count). The maximum Gasteiger partial charge on any atom is 0.187 e. The van der Waals surface area contributed by atoms with Crippen molar-refractivity contribution in [3.63, 3.8) is 0 Å². The summed E-state index contributed by atoms with van der Waals surface area (Å²) < 4.78 is 0. The molecule has 0 heterocycles. The molecule has 0 bridgehead atoms. The van der Waals surface area contributed by atoms with Crippen LogP contribution in [0.4, 0.5) is 39.8 Å². The molecule has 0 aliphatic rings. The van der Waals surface area contributed by atoms with E-state index in [2.05, 4.69) is 181 Å². The van der Waals surface area contributed by atoms with E-state index in [4.69, 9.17) is 6.57 Å². The summed E-state index contributed by atoms with van der Waals surface area (Å²) in [4.78, 5) is 8.10. The van der Waals surface area contributed by atoms with E-state index in [1.165, 1.54) is 15.8 Å². The number of hydrogen-bond acceptors (Lipinski definition) is 3. The minimum absolute atomic E-state index is 0.630. The monoisotopic (exact) mass is 758 g/mol. The maximum atomic E-state index is 9.43. The fourth-order valence-corrected chi connectivity index (χ4v) is 9.23. The molecule has 0 atom stereocenters. The molecular weight excluding hydrogens is 713 g/mol. The van der Waals surface area contributed by atoms with Gasteiger partial charge in [-0.25, -0.2) is 4.85 Å². The van der Waals surface area contributed by atoms with E-state index in [-0.39, 0.29) is 0 Å². The Morgan fingerprint density at radius 3 is 1.32 bits per heavy atom. The van der Waals surface area contributed by atoms with Gasteiger partial charge < -0.3 is 9.80 Å². The van der Waals surface area contributed by atoms with Crippen LogP contribution < -0.4 is 20.2 Å². The molecule has 7 aromatic rings. The Morgan fingerprint density at radius 2 is 0.839 bits per heavy atom. The third-order valence-electron chi connectivity index (χ3n) is 10.2. The molecule has 6 heteroatoms. The lowest BCUT2D eigenvalue weighted by Gasteiger charge is -2.27. The molecule has 7 aromatic carbocycles. The lowest BCUT2D eigenvalue weighted by atomic mass is 10.0. The summed E-state index contributed by atoms with van der Waals surface area (Å²) in [6.07, 6.45) is 4.33. The Balaban J connectivity index is 1.15. The molecule has 0 saturated heterocycles. The highest BCUT2D eigenvalue weighted by molar-refractivity contribution is 6.89. The van der Waals surface area contributed by atoms with Gasteiger partial charge in [0.05, 0.1) is 34.4 Å². The highest BCUT2D eigenvalue weighted by Gasteiger charge is 2.20. The number of fused-ring (bicyclic) bond motifs is 1. The van der Waals surface area contributed by atoms with Crippen LogP contribution in [0.1, 0.15) is 16.7 Å². The highest BCUT2D eigenvalue weighted by Crippen LogP contribution is 2.37. The lowest BCUT2D eigenvalue weighted by molar-refractivity contribution is 1.28. The zero-order valence-electron chi connectivity index (χ0n) is 33.0. The molecule has 0 amide bonds. The van der Waals surface area contributed by atoms with Crippen LogP contribution in [0.15, 0.2) is 158 Å². The average molecular weight is 759 g/mol. The van der Waals surface area contributed by atoms with E-state index >= 15 is 0 Å². The van der Waals surface area contributed by atoms with Crippen molar-refractivity contribution in [2.24, 2.45) is 0 Å². The number of anilines is 6. The van der Waals surface area contributed by atoms with Gasteiger partial charge in [-0.2, -0.15) is 5.26 Å². The fourth-order valence-electron chi connectivity index (χ4n) is 6.90. The first kappa shape index (κ1) is 37.9. The predicted octanol–water partition coefficient (Wildman–Crippen LogP) is 13.5. The second kappa shape index (κ2) is 15.7. The van der Waals surface area contributed by atoms with Gasteiger partial charge in [0.1, 0.15) is 0 Å². The van der Waals surface area contributed by atoms with Crippen molar-refractivity contribution in [2.75, 3.05) is 9.80 Å². The van der Waals surface area contributed by atoms with E-state index < -0.39 is 16.1 Å². The van der Waals surface area contributed by atoms with Crippen LogP contribution in [0.5, 0.6) is 0 Å². The summed E-state index contributed by atoms with van der Waals surface area (Å²) in [5.74, 6) is 0. The Hall–Kier alpha value is -6.45. The van der Waals surface area contributed by atoms with E-state index in [1.807, 2.05) is 48.5 Å². The van der Waals surface area contributed by atoms with Crippen molar-refractivity contribution < 1.29 is 0 Å². The molecule has 274 valence electrons. The highest BCUT2D eigenvalue weighted by atomic mass is 28.3. The van der Waals surface area contributed by atoms with Crippen molar-refractivity contribution in [2.45, 2.75) is 39.3 Å². The first-order chi connectivity index (χ1) is 26.9. The van der Waals surface area contributed by atoms with E-state index in [0.717, 1.165) is 50.6 Å². The second-order valence-corrected chi connectivity index (χ2v) is 26.4. The molecule has 4 nitrogen and oxygen atoms in total. The number of nitriles is 1. The molecule has 0 N–H and O–H groups in total. The Bertz CT molecular complexity index is 2580. The molecule has 56 heavy (non-hydrogen) atoms. The molecule has 0 spiro atoms. The topological polar surface area (TPSA) is 34.6 Å². The smallest absolute Gasteiger partial charge is 0.187 e. The van der Waals surface area contributed by atoms with Crippen LogP contribution in [-0.4, -0.2) is 16.1 Å². The summed E-state index contributed by atoms with van der Waals surface area (Å²) in [6, 6.07) is 57.6. The summed E-state index contributed by atoms with van der Waals surface area (Å²) in [7, 11) is -2.88. The summed E-state index contributed by atoms with van der Waals surface area (Å²) >= 11 is 0. The quantitative estimate of drug-likeness (QED) is 0.0791. The minimum atomic E-state index is -1.44. The zero-order chi connectivity index (χ0) is 39.5. The molecule has 0 aliphatic carbocycles. The fraction of sp³-hybridized carbons (Fsp3) is 0.120. The zero-order valence-corrected chi connectivity index (χ0v) is 35.0. The SMILES string of the molecule is [C-]#[N+]c1ccc(N(c2ccc(/C=C/c3ccc4cc(N(c5ccc(C#N)cc5)c5ccc([Si](C)(C)C)cc5)ccc4c3)cc2)c2ccc([Si](C)(C)C)cc2)cc1. The second-order valence-electron chi connectivity index (χ2n) is 16.3. The summed E-state index contributed by atoms with van der Waals surface area (Å²) in [5, 5.41) is 14.6. The molecule has 0 unspecified atom stereocenters. The molecule has 0 fully saturated rings. The Kier molecular flexibility index (Phi) is 10.6. The van der Waals surface area contributed by atoms with Crippen LogP contribution in [0.25, 0.3) is 27.8 Å². The van der Waals surface area contributed by atoms with Gasteiger partial charge in [0.2, 0.25) is 0 Å². The van der Waals surface area contributed by atoms with Gasteiger partial charge in [-0.05, 0) is 113 Å². The standard InChI is InChI=1S/C50H46N4Si2/c1-52-42-17-24-45(25-18-42)53(46-26-30-49(31-27-46)55(2,3)4)43-19-11-37(12-20-43)8-9-38-10-15-41-35-48(23-16-40(41)34-38)54(44-21-13-39(36-51)14-22-44)47-28-32-50(33-29-47)56(5,6)7/h8-35H,2-7H3/b9-8+. The minimum Gasteiger partial charge on any atom is -0.311 e. The first-order valence-electron chi connectivity index (χ1n) is 19.0. The normalized spacial score (nSPS) is 11.6. The van der Waals surface area contributed by atoms with Crippen molar-refractivity contribution in [3.8, 4) is 6.07 Å². The largest absolute Gasteiger partial charge is 0.311 e. The molecular formula is C50H46N4Si2. The van der Waals surface area contributed by atoms with Gasteiger partial charge in [-0.1, -0.05) is 129 Å². The van der Waals surface area contributed by atoms with Gasteiger partial charge in [0.15, 0.2) is 5.69 Å². The van der Waals surface area contributed by atoms with Gasteiger partial charge in [-0.15, -0.1) is 0 Å². The molecule has 0 radical (unpaired) electrons. The number of rotatable bonds is 10. The van der Waals surface area contributed by atoms with E-state index in [1.54, 1.807) is 0 Å². The van der Waals surface area contributed by atoms with Crippen LogP contribution >= 0.6 is 0 Å². The predicted molar refractivity (Wildman–Crippen MR) is 246 cm³/mol. The van der Waals surface area contributed by atoms with Gasteiger partial charge in [0.25, 0.3) is 0 Å². The van der Waals surface area contributed by atoms with Crippen molar-refractivity contribution in [3.05, 3.63) is 186 Å². The molecule has 0 aliphatic heterocycles. The molecule has 0 aromatic heterocycles. The first-order valence-corrected chi connectivity index (χ1v) is 26.0. The van der Waals surface area contributed by atoms with Crippen molar-refractivity contribution in [1.82, 2.24) is 0 Å². The van der Waals surface area contributed by atoms with Gasteiger partial charge in [0, 0.05) is 34.1 Å². The lowest BCUT2D eigenvalue weighted by Crippen LogP contribution is -2.37. The number of benzene rings is 7. The Morgan fingerprint density at radius 1 is 0.464 bits per heavy atom. The summed E-state index contributed by atoms with van der Waals surface area (Å²) in [5.41, 5.74) is 9.84. The van der Waals surface area contributed by atoms with Gasteiger partial charge >= 0.3 is 0 Å². The van der Waals surface area contributed by atoms with Crippen molar-refractivity contribution in [1.29, 1.82) is 5.26 Å². The van der Waals surface area contributed by atoms with Gasteiger partial charge in [-0.3, -0.25) is 0 Å². The molecule has 0 saturated carbocycles. The number of hydrogen-bond donors (Lipinski definition) is 0. The Labute approximate surface area is 334 Å². The van der Waals surface area contributed by atoms with Crippen LogP contribution in [0.3, 0.4) is 0 Å². The van der Waals surface area contributed by atoms with E-state index in [9.17, 15) is 5.26 Å². The third-order valence-corrected chi connectivity index (χ3v) is 14.3. The van der Waals surface area contributed by atoms with Crippen LogP contribution in [0.2, 0.25) is 39.3 Å². The van der Waals surface area contributed by atoms with Crippen molar-refractivity contribution >= 4 is 89.3 Å². The number of nitrogens with zero attached hydrogens (tertiary/aromatic N) is 4. The third kappa shape index (κ3) is 8.43. The van der Waals surface area contributed by atoms with Crippen LogP contribution in [0, 0.1) is 17.9 Å². The average Bonchev–Trinajstić information content (AvgIpc) is 3.21.